The highest BCUT2D eigenvalue weighted by Crippen LogP contribution is 2.10. The number of hydrogen-bond acceptors (Lipinski definition) is 3. The van der Waals surface area contributed by atoms with Crippen LogP contribution in [-0.4, -0.2) is 20.6 Å². The predicted octanol–water partition coefficient (Wildman–Crippen LogP) is 2.77. The second-order valence-corrected chi connectivity index (χ2v) is 4.68. The predicted molar refractivity (Wildman–Crippen MR) is 76.2 cm³/mol. The molecule has 2 aromatic heterocycles. The molecule has 0 saturated heterocycles. The lowest BCUT2D eigenvalue weighted by atomic mass is 10.1. The van der Waals surface area contributed by atoms with E-state index in [2.05, 4.69) is 46.6 Å². The van der Waals surface area contributed by atoms with Crippen molar-refractivity contribution in [3.8, 4) is 0 Å². The maximum absolute atomic E-state index is 4.51. The summed E-state index contributed by atoms with van der Waals surface area (Å²) in [5, 5.41) is 7.55. The SMILES string of the molecule is CC(Cc1ccccc1)Nc1ccn2nccc2n1. The summed E-state index contributed by atoms with van der Waals surface area (Å²) in [6, 6.07) is 14.6. The van der Waals surface area contributed by atoms with Crippen LogP contribution in [0.5, 0.6) is 0 Å². The molecule has 1 unspecified atom stereocenters. The normalized spacial score (nSPS) is 12.5. The molecule has 1 N–H and O–H groups in total. The van der Waals surface area contributed by atoms with Crippen molar-refractivity contribution in [2.75, 3.05) is 5.32 Å². The Kier molecular flexibility index (Phi) is 3.14. The Balaban J connectivity index is 1.70. The van der Waals surface area contributed by atoms with Gasteiger partial charge in [0.2, 0.25) is 0 Å². The third-order valence-corrected chi connectivity index (χ3v) is 3.04. The molecule has 0 aliphatic rings. The molecule has 0 amide bonds. The van der Waals surface area contributed by atoms with Crippen molar-refractivity contribution in [1.29, 1.82) is 0 Å². The van der Waals surface area contributed by atoms with Gasteiger partial charge < -0.3 is 5.32 Å². The number of rotatable bonds is 4. The van der Waals surface area contributed by atoms with Gasteiger partial charge in [-0.1, -0.05) is 30.3 Å². The molecule has 1 aromatic carbocycles. The molecule has 0 spiro atoms. The summed E-state index contributed by atoms with van der Waals surface area (Å²) in [5.41, 5.74) is 2.19. The molecule has 4 nitrogen and oxygen atoms in total. The summed E-state index contributed by atoms with van der Waals surface area (Å²) in [5.74, 6) is 0.886. The summed E-state index contributed by atoms with van der Waals surface area (Å²) < 4.78 is 1.76. The van der Waals surface area contributed by atoms with Crippen molar-refractivity contribution < 1.29 is 0 Å². The largest absolute Gasteiger partial charge is 0.367 e. The van der Waals surface area contributed by atoms with Gasteiger partial charge in [0.25, 0.3) is 0 Å². The van der Waals surface area contributed by atoms with Crippen LogP contribution in [0.4, 0.5) is 5.82 Å². The zero-order valence-corrected chi connectivity index (χ0v) is 10.8. The first-order valence-electron chi connectivity index (χ1n) is 6.42. The van der Waals surface area contributed by atoms with E-state index in [4.69, 9.17) is 0 Å². The van der Waals surface area contributed by atoms with E-state index in [9.17, 15) is 0 Å². The van der Waals surface area contributed by atoms with Crippen molar-refractivity contribution in [2.24, 2.45) is 0 Å². The number of benzene rings is 1. The van der Waals surface area contributed by atoms with Gasteiger partial charge in [0.1, 0.15) is 5.82 Å². The molecule has 0 aliphatic carbocycles. The van der Waals surface area contributed by atoms with Gasteiger partial charge in [-0.3, -0.25) is 0 Å². The second kappa shape index (κ2) is 5.10. The minimum atomic E-state index is 0.334. The third kappa shape index (κ3) is 2.73. The van der Waals surface area contributed by atoms with E-state index >= 15 is 0 Å². The van der Waals surface area contributed by atoms with E-state index in [1.54, 1.807) is 10.7 Å². The number of aromatic nitrogens is 3. The van der Waals surface area contributed by atoms with Crippen molar-refractivity contribution in [3.05, 3.63) is 60.4 Å². The molecule has 0 aliphatic heterocycles. The number of anilines is 1. The highest BCUT2D eigenvalue weighted by Gasteiger charge is 2.05. The molecule has 0 fully saturated rings. The number of nitrogens with one attached hydrogen (secondary N) is 1. The molecule has 4 heteroatoms. The lowest BCUT2D eigenvalue weighted by Gasteiger charge is -2.14. The molecular formula is C15H16N4. The fourth-order valence-corrected chi connectivity index (χ4v) is 2.16. The second-order valence-electron chi connectivity index (χ2n) is 4.68. The van der Waals surface area contributed by atoms with E-state index in [-0.39, 0.29) is 0 Å². The Hall–Kier alpha value is -2.36. The van der Waals surface area contributed by atoms with Crippen LogP contribution in [0.25, 0.3) is 5.65 Å². The number of hydrogen-bond donors (Lipinski definition) is 1. The zero-order valence-electron chi connectivity index (χ0n) is 10.8. The summed E-state index contributed by atoms with van der Waals surface area (Å²) in [7, 11) is 0. The molecule has 3 aromatic rings. The zero-order chi connectivity index (χ0) is 13.1. The maximum atomic E-state index is 4.51. The fraction of sp³-hybridized carbons (Fsp3) is 0.200. The van der Waals surface area contributed by atoms with Gasteiger partial charge in [-0.05, 0) is 25.0 Å². The van der Waals surface area contributed by atoms with Crippen LogP contribution < -0.4 is 5.32 Å². The van der Waals surface area contributed by atoms with E-state index < -0.39 is 0 Å². The highest BCUT2D eigenvalue weighted by atomic mass is 15.2. The number of fused-ring (bicyclic) bond motifs is 1. The average Bonchev–Trinajstić information content (AvgIpc) is 2.87. The van der Waals surface area contributed by atoms with E-state index in [1.807, 2.05) is 24.4 Å². The Labute approximate surface area is 112 Å². The Bertz CT molecular complexity index is 660. The van der Waals surface area contributed by atoms with Gasteiger partial charge in [-0.25, -0.2) is 9.50 Å². The quantitative estimate of drug-likeness (QED) is 0.776. The molecule has 19 heavy (non-hydrogen) atoms. The number of nitrogens with zero attached hydrogens (tertiary/aromatic N) is 3. The first-order chi connectivity index (χ1) is 9.31. The van der Waals surface area contributed by atoms with Crippen LogP contribution in [-0.2, 0) is 6.42 Å². The summed E-state index contributed by atoms with van der Waals surface area (Å²) in [4.78, 5) is 4.51. The van der Waals surface area contributed by atoms with Crippen LogP contribution >= 0.6 is 0 Å². The van der Waals surface area contributed by atoms with Crippen molar-refractivity contribution in [1.82, 2.24) is 14.6 Å². The Morgan fingerprint density at radius 2 is 2.00 bits per heavy atom. The van der Waals surface area contributed by atoms with Gasteiger partial charge in [0, 0.05) is 18.3 Å². The summed E-state index contributed by atoms with van der Waals surface area (Å²) >= 11 is 0. The molecule has 2 heterocycles. The summed E-state index contributed by atoms with van der Waals surface area (Å²) in [6.07, 6.45) is 4.65. The minimum Gasteiger partial charge on any atom is -0.367 e. The smallest absolute Gasteiger partial charge is 0.157 e. The van der Waals surface area contributed by atoms with Gasteiger partial charge in [0.05, 0.1) is 6.20 Å². The topological polar surface area (TPSA) is 42.2 Å². The van der Waals surface area contributed by atoms with E-state index in [0.29, 0.717) is 6.04 Å². The van der Waals surface area contributed by atoms with Crippen molar-refractivity contribution in [3.63, 3.8) is 0 Å². The molecule has 1 atom stereocenters. The first kappa shape index (κ1) is 11.7. The maximum Gasteiger partial charge on any atom is 0.157 e. The van der Waals surface area contributed by atoms with Crippen molar-refractivity contribution in [2.45, 2.75) is 19.4 Å². The monoisotopic (exact) mass is 252 g/mol. The molecule has 3 rings (SSSR count). The standard InChI is InChI=1S/C15H16N4/c1-12(11-13-5-3-2-4-6-13)17-14-8-10-19-15(18-14)7-9-16-19/h2-10,12H,11H2,1H3,(H,17,18). The van der Waals surface area contributed by atoms with Gasteiger partial charge in [-0.15, -0.1) is 0 Å². The van der Waals surface area contributed by atoms with Crippen LogP contribution in [0.15, 0.2) is 54.9 Å². The fourth-order valence-electron chi connectivity index (χ4n) is 2.16. The highest BCUT2D eigenvalue weighted by molar-refractivity contribution is 5.45. The van der Waals surface area contributed by atoms with Crippen molar-refractivity contribution >= 4 is 11.5 Å². The van der Waals surface area contributed by atoms with E-state index in [0.717, 1.165) is 17.9 Å². The van der Waals surface area contributed by atoms with Gasteiger partial charge in [-0.2, -0.15) is 5.10 Å². The Morgan fingerprint density at radius 1 is 1.16 bits per heavy atom. The summed E-state index contributed by atoms with van der Waals surface area (Å²) in [6.45, 7) is 2.16. The average molecular weight is 252 g/mol. The molecule has 0 saturated carbocycles. The van der Waals surface area contributed by atoms with Gasteiger partial charge >= 0.3 is 0 Å². The molecule has 96 valence electrons. The first-order valence-corrected chi connectivity index (χ1v) is 6.42. The lowest BCUT2D eigenvalue weighted by Crippen LogP contribution is -2.19. The molecular weight excluding hydrogens is 236 g/mol. The van der Waals surface area contributed by atoms with Crippen LogP contribution in [0, 0.1) is 0 Å². The van der Waals surface area contributed by atoms with Crippen LogP contribution in [0.2, 0.25) is 0 Å². The minimum absolute atomic E-state index is 0.334. The van der Waals surface area contributed by atoms with Gasteiger partial charge in [0.15, 0.2) is 5.65 Å². The molecule has 0 bridgehead atoms. The lowest BCUT2D eigenvalue weighted by molar-refractivity contribution is 0.783. The van der Waals surface area contributed by atoms with Crippen LogP contribution in [0.1, 0.15) is 12.5 Å². The third-order valence-electron chi connectivity index (χ3n) is 3.04. The Morgan fingerprint density at radius 3 is 2.84 bits per heavy atom. The van der Waals surface area contributed by atoms with Crippen LogP contribution in [0.3, 0.4) is 0 Å². The van der Waals surface area contributed by atoms with E-state index in [1.165, 1.54) is 5.56 Å². The molecule has 0 radical (unpaired) electrons.